The molecule has 2 aliphatic carbocycles. The fourth-order valence-electron chi connectivity index (χ4n) is 4.48. The average molecular weight is 303 g/mol. The van der Waals surface area contributed by atoms with Crippen molar-refractivity contribution >= 4 is 5.96 Å². The van der Waals surface area contributed by atoms with Gasteiger partial charge in [-0.1, -0.05) is 6.42 Å². The zero-order chi connectivity index (χ0) is 15.0. The van der Waals surface area contributed by atoms with Crippen LogP contribution in [0.2, 0.25) is 0 Å². The first-order valence-corrected chi connectivity index (χ1v) is 8.51. The summed E-state index contributed by atoms with van der Waals surface area (Å²) in [6, 6.07) is 2.49. The van der Waals surface area contributed by atoms with E-state index in [0.717, 1.165) is 24.7 Å². The molecule has 1 spiro atoms. The fourth-order valence-corrected chi connectivity index (χ4v) is 4.48. The van der Waals surface area contributed by atoms with Crippen LogP contribution in [0.4, 0.5) is 0 Å². The summed E-state index contributed by atoms with van der Waals surface area (Å²) in [5.74, 6) is 1.59. The lowest BCUT2D eigenvalue weighted by atomic mass is 9.46. The lowest BCUT2D eigenvalue weighted by Crippen LogP contribution is -2.72. The van der Waals surface area contributed by atoms with Gasteiger partial charge in [-0.2, -0.15) is 0 Å². The number of nitrogens with one attached hydrogen (secondary N) is 2. The van der Waals surface area contributed by atoms with Crippen LogP contribution < -0.4 is 10.6 Å². The molecule has 0 aromatic carbocycles. The smallest absolute Gasteiger partial charge is 0.191 e. The summed E-state index contributed by atoms with van der Waals surface area (Å²) < 4.78 is 11.1. The van der Waals surface area contributed by atoms with E-state index in [1.807, 2.05) is 6.07 Å². The highest BCUT2D eigenvalue weighted by Crippen LogP contribution is 2.62. The molecule has 3 atom stereocenters. The van der Waals surface area contributed by atoms with Gasteiger partial charge in [0.15, 0.2) is 5.96 Å². The number of aliphatic imine (C=N–C) groups is 1. The van der Waals surface area contributed by atoms with Gasteiger partial charge >= 0.3 is 0 Å². The Morgan fingerprint density at radius 2 is 2.36 bits per heavy atom. The molecule has 4 rings (SSSR count). The summed E-state index contributed by atoms with van der Waals surface area (Å²) in [4.78, 5) is 4.71. The number of fused-ring (bicyclic) bond motifs is 2. The highest BCUT2D eigenvalue weighted by Gasteiger charge is 2.66. The van der Waals surface area contributed by atoms with Crippen molar-refractivity contribution in [3.8, 4) is 0 Å². The largest absolute Gasteiger partial charge is 0.472 e. The lowest BCUT2D eigenvalue weighted by Gasteiger charge is -2.63. The van der Waals surface area contributed by atoms with Gasteiger partial charge in [0.05, 0.1) is 25.2 Å². The summed E-state index contributed by atoms with van der Waals surface area (Å²) in [5.41, 5.74) is 1.48. The Morgan fingerprint density at radius 1 is 1.45 bits per heavy atom. The van der Waals surface area contributed by atoms with E-state index in [1.165, 1.54) is 25.7 Å². The Kier molecular flexibility index (Phi) is 3.60. The van der Waals surface area contributed by atoms with Gasteiger partial charge in [0, 0.05) is 36.1 Å². The third kappa shape index (κ3) is 2.14. The number of rotatable bonds is 4. The number of hydrogen-bond acceptors (Lipinski definition) is 3. The van der Waals surface area contributed by atoms with Crippen molar-refractivity contribution in [3.05, 3.63) is 24.2 Å². The third-order valence-electron chi connectivity index (χ3n) is 5.67. The Labute approximate surface area is 131 Å². The van der Waals surface area contributed by atoms with Crippen LogP contribution in [0.3, 0.4) is 0 Å². The van der Waals surface area contributed by atoms with Crippen molar-refractivity contribution in [2.75, 3.05) is 13.2 Å². The Balaban J connectivity index is 1.45. The first kappa shape index (κ1) is 14.1. The molecule has 0 radical (unpaired) electrons. The number of nitrogens with zero attached hydrogens (tertiary/aromatic N) is 1. The summed E-state index contributed by atoms with van der Waals surface area (Å²) in [6.45, 7) is 4.56. The van der Waals surface area contributed by atoms with Crippen molar-refractivity contribution in [1.82, 2.24) is 10.6 Å². The first-order valence-electron chi connectivity index (χ1n) is 8.51. The second kappa shape index (κ2) is 5.61. The molecule has 2 N–H and O–H groups in total. The fraction of sp³-hybridized carbons (Fsp3) is 0.706. The zero-order valence-electron chi connectivity index (χ0n) is 13.2. The Bertz CT molecular complexity index is 536. The van der Waals surface area contributed by atoms with Crippen molar-refractivity contribution in [3.63, 3.8) is 0 Å². The summed E-state index contributed by atoms with van der Waals surface area (Å²) >= 11 is 0. The normalized spacial score (nSPS) is 32.2. The molecule has 1 aromatic heterocycles. The molecule has 120 valence electrons. The van der Waals surface area contributed by atoms with Crippen molar-refractivity contribution < 1.29 is 9.15 Å². The van der Waals surface area contributed by atoms with Gasteiger partial charge in [-0.25, -0.2) is 4.99 Å². The molecule has 5 nitrogen and oxygen atoms in total. The highest BCUT2D eigenvalue weighted by molar-refractivity contribution is 5.80. The molecule has 0 bridgehead atoms. The van der Waals surface area contributed by atoms with E-state index in [4.69, 9.17) is 14.1 Å². The molecular weight excluding hydrogens is 278 g/mol. The minimum Gasteiger partial charge on any atom is -0.472 e. The maximum Gasteiger partial charge on any atom is 0.191 e. The quantitative estimate of drug-likeness (QED) is 0.662. The van der Waals surface area contributed by atoms with Crippen molar-refractivity contribution in [1.29, 1.82) is 0 Å². The van der Waals surface area contributed by atoms with Gasteiger partial charge in [0.1, 0.15) is 0 Å². The van der Waals surface area contributed by atoms with Crippen molar-refractivity contribution in [2.45, 2.75) is 51.3 Å². The molecule has 2 heterocycles. The van der Waals surface area contributed by atoms with Crippen LogP contribution in [0.1, 0.15) is 38.2 Å². The van der Waals surface area contributed by atoms with Crippen LogP contribution in [-0.4, -0.2) is 31.3 Å². The van der Waals surface area contributed by atoms with Gasteiger partial charge in [-0.15, -0.1) is 0 Å². The monoisotopic (exact) mass is 303 g/mol. The Hall–Kier alpha value is -1.49. The summed E-state index contributed by atoms with van der Waals surface area (Å²) in [6.07, 6.45) is 9.07. The van der Waals surface area contributed by atoms with Gasteiger partial charge in [0.25, 0.3) is 0 Å². The van der Waals surface area contributed by atoms with Crippen LogP contribution >= 0.6 is 0 Å². The van der Waals surface area contributed by atoms with E-state index in [2.05, 4.69) is 17.6 Å². The zero-order valence-corrected chi connectivity index (χ0v) is 13.2. The van der Waals surface area contributed by atoms with Crippen LogP contribution in [0.15, 0.2) is 28.0 Å². The first-order chi connectivity index (χ1) is 10.8. The van der Waals surface area contributed by atoms with Gasteiger partial charge < -0.3 is 19.8 Å². The minimum atomic E-state index is 0.382. The van der Waals surface area contributed by atoms with Crippen LogP contribution in [-0.2, 0) is 11.3 Å². The number of furan rings is 1. The molecule has 22 heavy (non-hydrogen) atoms. The molecular formula is C17H25N3O2. The maximum absolute atomic E-state index is 5.99. The predicted molar refractivity (Wildman–Crippen MR) is 84.6 cm³/mol. The molecule has 3 fully saturated rings. The van der Waals surface area contributed by atoms with Gasteiger partial charge in [0.2, 0.25) is 0 Å². The topological polar surface area (TPSA) is 58.8 Å². The highest BCUT2D eigenvalue weighted by atomic mass is 16.5. The molecule has 1 aromatic rings. The van der Waals surface area contributed by atoms with E-state index in [9.17, 15) is 0 Å². The van der Waals surface area contributed by atoms with E-state index in [1.54, 1.807) is 12.5 Å². The van der Waals surface area contributed by atoms with Crippen LogP contribution in [0, 0.1) is 11.3 Å². The SMILES string of the molecule is CCNC(=NCc1ccoc1)NC1C2CCOC2C12CCC2. The minimum absolute atomic E-state index is 0.382. The third-order valence-corrected chi connectivity index (χ3v) is 5.67. The standard InChI is InChI=1S/C17H25N3O2/c1-2-18-16(19-10-12-4-8-21-11-12)20-14-13-5-9-22-15(13)17(14)6-3-7-17/h4,8,11,13-15H,2-3,5-7,9-10H2,1H3,(H2,18,19,20). The van der Waals surface area contributed by atoms with E-state index >= 15 is 0 Å². The predicted octanol–water partition coefficient (Wildman–Crippen LogP) is 2.29. The van der Waals surface area contributed by atoms with Gasteiger partial charge in [-0.05, 0) is 32.3 Å². The van der Waals surface area contributed by atoms with E-state index in [0.29, 0.717) is 30.0 Å². The molecule has 1 aliphatic heterocycles. The molecule has 0 amide bonds. The molecule has 5 heteroatoms. The number of ether oxygens (including phenoxy) is 1. The number of hydrogen-bond donors (Lipinski definition) is 2. The van der Waals surface area contributed by atoms with E-state index < -0.39 is 0 Å². The second-order valence-corrected chi connectivity index (χ2v) is 6.78. The second-order valence-electron chi connectivity index (χ2n) is 6.78. The maximum atomic E-state index is 5.99. The molecule has 2 saturated carbocycles. The van der Waals surface area contributed by atoms with Crippen LogP contribution in [0.25, 0.3) is 0 Å². The Morgan fingerprint density at radius 3 is 3.05 bits per heavy atom. The van der Waals surface area contributed by atoms with Crippen LogP contribution in [0.5, 0.6) is 0 Å². The molecule has 3 aliphatic rings. The van der Waals surface area contributed by atoms with E-state index in [-0.39, 0.29) is 0 Å². The summed E-state index contributed by atoms with van der Waals surface area (Å²) in [5, 5.41) is 7.09. The number of guanidine groups is 1. The molecule has 3 unspecified atom stereocenters. The van der Waals surface area contributed by atoms with Gasteiger partial charge in [-0.3, -0.25) is 0 Å². The lowest BCUT2D eigenvalue weighted by molar-refractivity contribution is -0.171. The van der Waals surface area contributed by atoms with Crippen molar-refractivity contribution in [2.24, 2.45) is 16.3 Å². The molecule has 1 saturated heterocycles. The summed E-state index contributed by atoms with van der Waals surface area (Å²) in [7, 11) is 0. The average Bonchev–Trinajstić information content (AvgIpc) is 3.10.